The zero-order valence-electron chi connectivity index (χ0n) is 39.2. The van der Waals surface area contributed by atoms with Crippen molar-refractivity contribution in [3.8, 4) is 0 Å². The molecule has 0 amide bonds. The summed E-state index contributed by atoms with van der Waals surface area (Å²) in [5, 5.41) is 0. The van der Waals surface area contributed by atoms with Gasteiger partial charge in [0.25, 0.3) is 0 Å². The zero-order chi connectivity index (χ0) is 40.6. The van der Waals surface area contributed by atoms with Crippen LogP contribution < -0.4 is 0 Å². The van der Waals surface area contributed by atoms with Crippen molar-refractivity contribution in [1.82, 2.24) is 0 Å². The average Bonchev–Trinajstić information content (AvgIpc) is 3.20. The van der Waals surface area contributed by atoms with Gasteiger partial charge in [0.1, 0.15) is 0 Å². The van der Waals surface area contributed by atoms with E-state index in [0.29, 0.717) is 0 Å². The molecule has 0 aliphatic rings. The van der Waals surface area contributed by atoms with Crippen molar-refractivity contribution in [3.63, 3.8) is 0 Å². The van der Waals surface area contributed by atoms with Gasteiger partial charge < -0.3 is 4.80 Å². The maximum Gasteiger partial charge on any atom is 0.188 e. The van der Waals surface area contributed by atoms with Gasteiger partial charge in [-0.2, -0.15) is 0 Å². The van der Waals surface area contributed by atoms with Crippen LogP contribution in [0.4, 0.5) is 0 Å². The Morgan fingerprint density at radius 2 is 0.393 bits per heavy atom. The predicted octanol–water partition coefficient (Wildman–Crippen LogP) is 20.0. The molecule has 0 aliphatic heterocycles. The third-order valence-corrected chi connectivity index (χ3v) is 16.3. The van der Waals surface area contributed by atoms with E-state index >= 15 is 0 Å². The molecule has 1 nitrogen and oxygen atoms in total. The number of rotatable bonds is 48. The van der Waals surface area contributed by atoms with Gasteiger partial charge in [-0.25, -0.2) is 0 Å². The van der Waals surface area contributed by atoms with Gasteiger partial charge in [0.05, 0.1) is 0 Å². The predicted molar refractivity (Wildman–Crippen MR) is 261 cm³/mol. The molecule has 0 rings (SSSR count). The van der Waals surface area contributed by atoms with E-state index in [1.165, 1.54) is 288 Å². The first-order valence-electron chi connectivity index (χ1n) is 26.4. The van der Waals surface area contributed by atoms with E-state index in [1.54, 1.807) is 0 Å². The van der Waals surface area contributed by atoms with E-state index in [2.05, 4.69) is 57.2 Å². The minimum Gasteiger partial charge on any atom is -0.432 e. The Morgan fingerprint density at radius 3 is 0.589 bits per heavy atom. The SMILES string of the molecule is CCCCCCCCC=CCCCCCCCC[Si](O)(CCCCCCCCC=CCCCCCCCC)CCCCCCCCC=CCCCCCCCC. The minimum absolute atomic E-state index is 1.17. The van der Waals surface area contributed by atoms with Crippen molar-refractivity contribution in [3.05, 3.63) is 36.5 Å². The Morgan fingerprint density at radius 1 is 0.232 bits per heavy atom. The van der Waals surface area contributed by atoms with Crippen LogP contribution in [0.3, 0.4) is 0 Å². The Hall–Kier alpha value is -0.603. The fourth-order valence-corrected chi connectivity index (χ4v) is 12.0. The van der Waals surface area contributed by atoms with Crippen LogP contribution in [0, 0.1) is 0 Å². The Labute approximate surface area is 356 Å². The van der Waals surface area contributed by atoms with Gasteiger partial charge in [-0.15, -0.1) is 0 Å². The molecule has 56 heavy (non-hydrogen) atoms. The molecular weight excluding hydrogens is 693 g/mol. The highest BCUT2D eigenvalue weighted by Crippen LogP contribution is 2.28. The number of hydrogen-bond donors (Lipinski definition) is 1. The molecule has 0 aromatic heterocycles. The molecular formula is C54H106OSi. The van der Waals surface area contributed by atoms with E-state index in [1.807, 2.05) is 0 Å². The lowest BCUT2D eigenvalue weighted by Gasteiger charge is -2.25. The highest BCUT2D eigenvalue weighted by atomic mass is 28.4. The molecule has 0 aromatic carbocycles. The quantitative estimate of drug-likeness (QED) is 0.0369. The molecule has 0 saturated carbocycles. The second kappa shape index (κ2) is 48.8. The van der Waals surface area contributed by atoms with Gasteiger partial charge >= 0.3 is 0 Å². The van der Waals surface area contributed by atoms with Crippen LogP contribution >= 0.6 is 0 Å². The maximum atomic E-state index is 12.0. The first-order chi connectivity index (χ1) is 27.7. The van der Waals surface area contributed by atoms with Gasteiger partial charge in [-0.05, 0) is 95.2 Å². The topological polar surface area (TPSA) is 20.2 Å². The number of unbranched alkanes of at least 4 members (excludes halogenated alkanes) is 36. The number of allylic oxidation sites excluding steroid dienone is 6. The second-order valence-corrected chi connectivity index (χ2v) is 22.2. The van der Waals surface area contributed by atoms with E-state index in [-0.39, 0.29) is 0 Å². The normalized spacial score (nSPS) is 13.3. The van der Waals surface area contributed by atoms with Crippen molar-refractivity contribution in [1.29, 1.82) is 0 Å². The maximum absolute atomic E-state index is 12.0. The second-order valence-electron chi connectivity index (χ2n) is 18.3. The fraction of sp³-hybridized carbons (Fsp3) is 0.889. The van der Waals surface area contributed by atoms with Crippen molar-refractivity contribution < 1.29 is 4.80 Å². The molecule has 332 valence electrons. The zero-order valence-corrected chi connectivity index (χ0v) is 40.2. The fourth-order valence-electron chi connectivity index (χ4n) is 8.48. The lowest BCUT2D eigenvalue weighted by atomic mass is 10.1. The first kappa shape index (κ1) is 55.4. The van der Waals surface area contributed by atoms with Crippen molar-refractivity contribution in [2.24, 2.45) is 0 Å². The lowest BCUT2D eigenvalue weighted by Crippen LogP contribution is -2.34. The molecule has 2 heteroatoms. The standard InChI is InChI=1S/C54H106OSi/c1-4-7-10-13-16-19-22-25-28-31-34-37-40-43-46-49-52-56(55,53-50-47-44-41-38-35-32-29-26-23-20-17-14-11-8-5-2)54-51-48-45-42-39-36-33-30-27-24-21-18-15-12-9-6-3/h25-30,55H,4-24,31-54H2,1-3H3. The molecule has 0 saturated heterocycles. The molecule has 0 fully saturated rings. The van der Waals surface area contributed by atoms with Crippen LogP contribution in [-0.4, -0.2) is 13.1 Å². The summed E-state index contributed by atoms with van der Waals surface area (Å²) in [4.78, 5) is 12.0. The van der Waals surface area contributed by atoms with Gasteiger partial charge in [-0.3, -0.25) is 0 Å². The summed E-state index contributed by atoms with van der Waals surface area (Å²) in [6.07, 6.45) is 71.9. The van der Waals surface area contributed by atoms with Crippen molar-refractivity contribution in [2.45, 2.75) is 309 Å². The van der Waals surface area contributed by atoms with Crippen LogP contribution in [0.15, 0.2) is 36.5 Å². The summed E-state index contributed by atoms with van der Waals surface area (Å²) in [6, 6.07) is 3.51. The third kappa shape index (κ3) is 46.1. The van der Waals surface area contributed by atoms with Crippen LogP contribution in [0.1, 0.15) is 290 Å². The average molecular weight is 800 g/mol. The van der Waals surface area contributed by atoms with E-state index < -0.39 is 8.32 Å². The van der Waals surface area contributed by atoms with E-state index in [4.69, 9.17) is 0 Å². The molecule has 0 unspecified atom stereocenters. The van der Waals surface area contributed by atoms with Gasteiger partial charge in [0.2, 0.25) is 0 Å². The Balaban J connectivity index is 4.19. The summed E-state index contributed by atoms with van der Waals surface area (Å²) in [5.41, 5.74) is 0. The van der Waals surface area contributed by atoms with E-state index in [9.17, 15) is 4.80 Å². The van der Waals surface area contributed by atoms with Crippen molar-refractivity contribution >= 4 is 8.32 Å². The molecule has 0 atom stereocenters. The summed E-state index contributed by atoms with van der Waals surface area (Å²) < 4.78 is 0. The molecule has 0 aromatic rings. The van der Waals surface area contributed by atoms with Gasteiger partial charge in [0, 0.05) is 0 Å². The van der Waals surface area contributed by atoms with E-state index in [0.717, 1.165) is 0 Å². The largest absolute Gasteiger partial charge is 0.432 e. The molecule has 0 aliphatic carbocycles. The highest BCUT2D eigenvalue weighted by molar-refractivity contribution is 6.72. The summed E-state index contributed by atoms with van der Waals surface area (Å²) >= 11 is 0. The Bertz CT molecular complexity index is 696. The lowest BCUT2D eigenvalue weighted by molar-refractivity contribution is 0.494. The first-order valence-corrected chi connectivity index (χ1v) is 28.9. The van der Waals surface area contributed by atoms with Crippen molar-refractivity contribution in [2.75, 3.05) is 0 Å². The summed E-state index contributed by atoms with van der Waals surface area (Å²) in [5.74, 6) is 0. The molecule has 1 N–H and O–H groups in total. The molecule has 0 radical (unpaired) electrons. The molecule has 0 bridgehead atoms. The smallest absolute Gasteiger partial charge is 0.188 e. The van der Waals surface area contributed by atoms with Gasteiger partial charge in [-0.1, -0.05) is 250 Å². The van der Waals surface area contributed by atoms with Crippen LogP contribution in [0.5, 0.6) is 0 Å². The van der Waals surface area contributed by atoms with Gasteiger partial charge in [0.15, 0.2) is 8.32 Å². The minimum atomic E-state index is -2.10. The van der Waals surface area contributed by atoms with Crippen LogP contribution in [0.25, 0.3) is 0 Å². The summed E-state index contributed by atoms with van der Waals surface area (Å²) in [6.45, 7) is 6.90. The Kier molecular flexibility index (Phi) is 48.2. The number of hydrogen-bond acceptors (Lipinski definition) is 1. The highest BCUT2D eigenvalue weighted by Gasteiger charge is 2.29. The third-order valence-electron chi connectivity index (χ3n) is 12.5. The van der Waals surface area contributed by atoms with Crippen LogP contribution in [-0.2, 0) is 0 Å². The monoisotopic (exact) mass is 799 g/mol. The molecule has 0 heterocycles. The molecule has 0 spiro atoms. The van der Waals surface area contributed by atoms with Crippen LogP contribution in [0.2, 0.25) is 18.1 Å². The summed E-state index contributed by atoms with van der Waals surface area (Å²) in [7, 11) is -2.10.